The quantitative estimate of drug-likeness (QED) is 0.730. The second kappa shape index (κ2) is 6.16. The molecule has 7 heteroatoms. The first-order valence-electron chi connectivity index (χ1n) is 7.99. The molecule has 0 bridgehead atoms. The summed E-state index contributed by atoms with van der Waals surface area (Å²) in [6, 6.07) is 2.52. The van der Waals surface area contributed by atoms with E-state index < -0.39 is 17.1 Å². The van der Waals surface area contributed by atoms with Crippen molar-refractivity contribution >= 4 is 16.3 Å². The van der Waals surface area contributed by atoms with Gasteiger partial charge in [-0.3, -0.25) is 4.57 Å². The fourth-order valence-electron chi connectivity index (χ4n) is 2.86. The molecule has 2 heterocycles. The SMILES string of the molecule is C=C(C)c1coc(=O)c2cc(F)c(-n3nc(CC)n(CC)c3=O)cc12. The molecule has 0 unspecified atom stereocenters. The smallest absolute Gasteiger partial charge is 0.350 e. The Labute approximate surface area is 142 Å². The van der Waals surface area contributed by atoms with E-state index in [1.807, 2.05) is 13.8 Å². The number of aryl methyl sites for hydroxylation is 1. The largest absolute Gasteiger partial charge is 0.430 e. The molecule has 130 valence electrons. The number of hydrogen-bond acceptors (Lipinski definition) is 4. The van der Waals surface area contributed by atoms with Gasteiger partial charge in [0.05, 0.1) is 5.39 Å². The third-order valence-corrected chi connectivity index (χ3v) is 4.14. The van der Waals surface area contributed by atoms with Gasteiger partial charge in [0.2, 0.25) is 0 Å². The number of fused-ring (bicyclic) bond motifs is 1. The Bertz CT molecular complexity index is 1110. The van der Waals surface area contributed by atoms with Crippen LogP contribution in [-0.2, 0) is 13.0 Å². The van der Waals surface area contributed by atoms with Gasteiger partial charge in [-0.05, 0) is 31.6 Å². The van der Waals surface area contributed by atoms with Crippen molar-refractivity contribution in [1.82, 2.24) is 14.3 Å². The maximum Gasteiger partial charge on any atom is 0.350 e. The molecule has 2 aromatic heterocycles. The van der Waals surface area contributed by atoms with E-state index in [2.05, 4.69) is 11.7 Å². The minimum Gasteiger partial charge on any atom is -0.430 e. The van der Waals surface area contributed by atoms with Gasteiger partial charge in [-0.2, -0.15) is 4.68 Å². The zero-order valence-electron chi connectivity index (χ0n) is 14.3. The first kappa shape index (κ1) is 16.9. The van der Waals surface area contributed by atoms with Crippen LogP contribution in [0.3, 0.4) is 0 Å². The standard InChI is InChI=1S/C18H18FN3O3/c1-5-16-20-22(18(24)21(16)6-2)15-8-11-12(7-14(15)19)17(23)25-9-13(11)10(3)4/h7-9H,3,5-6H2,1-2,4H3. The summed E-state index contributed by atoms with van der Waals surface area (Å²) in [6.07, 6.45) is 1.84. The topological polar surface area (TPSA) is 70.0 Å². The van der Waals surface area contributed by atoms with Crippen molar-refractivity contribution in [2.75, 3.05) is 0 Å². The maximum atomic E-state index is 14.6. The molecule has 0 atom stereocenters. The van der Waals surface area contributed by atoms with E-state index in [1.165, 1.54) is 16.9 Å². The summed E-state index contributed by atoms with van der Waals surface area (Å²) in [5, 5.41) is 4.80. The first-order valence-corrected chi connectivity index (χ1v) is 7.99. The number of halogens is 1. The van der Waals surface area contributed by atoms with Crippen LogP contribution in [0.1, 0.15) is 32.2 Å². The zero-order valence-corrected chi connectivity index (χ0v) is 14.3. The Balaban J connectivity index is 2.39. The van der Waals surface area contributed by atoms with E-state index in [1.54, 1.807) is 6.92 Å². The van der Waals surface area contributed by atoms with Crippen LogP contribution in [0.25, 0.3) is 22.0 Å². The minimum atomic E-state index is -0.718. The molecule has 6 nitrogen and oxygen atoms in total. The number of nitrogens with zero attached hydrogens (tertiary/aromatic N) is 3. The highest BCUT2D eigenvalue weighted by Crippen LogP contribution is 2.25. The maximum absolute atomic E-state index is 14.6. The van der Waals surface area contributed by atoms with Gasteiger partial charge in [-0.15, -0.1) is 5.10 Å². The highest BCUT2D eigenvalue weighted by atomic mass is 19.1. The Morgan fingerprint density at radius 3 is 2.56 bits per heavy atom. The zero-order chi connectivity index (χ0) is 18.3. The van der Waals surface area contributed by atoms with E-state index in [-0.39, 0.29) is 11.1 Å². The van der Waals surface area contributed by atoms with Gasteiger partial charge in [0.15, 0.2) is 0 Å². The molecule has 0 fully saturated rings. The van der Waals surface area contributed by atoms with Crippen LogP contribution in [0, 0.1) is 5.82 Å². The van der Waals surface area contributed by atoms with Crippen molar-refractivity contribution in [3.8, 4) is 5.69 Å². The van der Waals surface area contributed by atoms with E-state index in [0.717, 1.165) is 10.7 Å². The lowest BCUT2D eigenvalue weighted by Gasteiger charge is -2.08. The van der Waals surface area contributed by atoms with Gasteiger partial charge in [-0.1, -0.05) is 13.5 Å². The number of allylic oxidation sites excluding steroid dienone is 1. The van der Waals surface area contributed by atoms with Gasteiger partial charge in [0.1, 0.15) is 23.6 Å². The number of rotatable bonds is 4. The van der Waals surface area contributed by atoms with Gasteiger partial charge in [-0.25, -0.2) is 14.0 Å². The third-order valence-electron chi connectivity index (χ3n) is 4.14. The fourth-order valence-corrected chi connectivity index (χ4v) is 2.86. The van der Waals surface area contributed by atoms with E-state index in [4.69, 9.17) is 4.42 Å². The van der Waals surface area contributed by atoms with Crippen LogP contribution in [0.2, 0.25) is 0 Å². The molecule has 0 spiro atoms. The Morgan fingerprint density at radius 2 is 2.00 bits per heavy atom. The molecule has 1 aromatic carbocycles. The van der Waals surface area contributed by atoms with Gasteiger partial charge < -0.3 is 4.42 Å². The van der Waals surface area contributed by atoms with Crippen LogP contribution >= 0.6 is 0 Å². The summed E-state index contributed by atoms with van der Waals surface area (Å²) in [4.78, 5) is 24.5. The molecule has 3 aromatic rings. The summed E-state index contributed by atoms with van der Waals surface area (Å²) in [5.74, 6) is -0.149. The first-order chi connectivity index (χ1) is 11.9. The van der Waals surface area contributed by atoms with Crippen molar-refractivity contribution in [3.63, 3.8) is 0 Å². The second-order valence-electron chi connectivity index (χ2n) is 5.77. The average Bonchev–Trinajstić information content (AvgIpc) is 2.90. The highest BCUT2D eigenvalue weighted by Gasteiger charge is 2.18. The van der Waals surface area contributed by atoms with Gasteiger partial charge in [0.25, 0.3) is 0 Å². The number of benzene rings is 1. The van der Waals surface area contributed by atoms with Crippen LogP contribution < -0.4 is 11.3 Å². The Morgan fingerprint density at radius 1 is 1.28 bits per heavy atom. The van der Waals surface area contributed by atoms with E-state index in [0.29, 0.717) is 35.3 Å². The highest BCUT2D eigenvalue weighted by molar-refractivity contribution is 5.93. The van der Waals surface area contributed by atoms with Crippen LogP contribution in [0.4, 0.5) is 4.39 Å². The van der Waals surface area contributed by atoms with Crippen molar-refractivity contribution in [2.24, 2.45) is 0 Å². The van der Waals surface area contributed by atoms with Crippen molar-refractivity contribution in [2.45, 2.75) is 33.7 Å². The van der Waals surface area contributed by atoms with Crippen LogP contribution in [0.5, 0.6) is 0 Å². The molecule has 0 N–H and O–H groups in total. The lowest BCUT2D eigenvalue weighted by molar-refractivity contribution is 0.517. The molecule has 25 heavy (non-hydrogen) atoms. The fraction of sp³-hybridized carbons (Fsp3) is 0.278. The summed E-state index contributed by atoms with van der Waals surface area (Å²) in [7, 11) is 0. The molecule has 0 aliphatic heterocycles. The lowest BCUT2D eigenvalue weighted by Crippen LogP contribution is -2.24. The van der Waals surface area contributed by atoms with E-state index >= 15 is 0 Å². The Hall–Kier alpha value is -2.96. The summed E-state index contributed by atoms with van der Waals surface area (Å²) >= 11 is 0. The predicted octanol–water partition coefficient (Wildman–Crippen LogP) is 2.89. The number of aromatic nitrogens is 3. The molecular weight excluding hydrogens is 325 g/mol. The average molecular weight is 343 g/mol. The molecule has 0 saturated heterocycles. The molecule has 3 rings (SSSR count). The third kappa shape index (κ3) is 2.61. The van der Waals surface area contributed by atoms with Crippen LogP contribution in [0.15, 0.2) is 39.0 Å². The molecule has 0 saturated carbocycles. The van der Waals surface area contributed by atoms with E-state index in [9.17, 15) is 14.0 Å². The monoisotopic (exact) mass is 343 g/mol. The van der Waals surface area contributed by atoms with Crippen molar-refractivity contribution < 1.29 is 8.81 Å². The molecule has 0 radical (unpaired) electrons. The summed E-state index contributed by atoms with van der Waals surface area (Å²) in [5.41, 5.74) is 0.164. The molecule has 0 amide bonds. The lowest BCUT2D eigenvalue weighted by atomic mass is 10.0. The minimum absolute atomic E-state index is 0.00694. The van der Waals surface area contributed by atoms with Gasteiger partial charge in [0, 0.05) is 23.9 Å². The van der Waals surface area contributed by atoms with Gasteiger partial charge >= 0.3 is 11.3 Å². The molecular formula is C18H18FN3O3. The van der Waals surface area contributed by atoms with Crippen LogP contribution in [-0.4, -0.2) is 14.3 Å². The summed E-state index contributed by atoms with van der Waals surface area (Å²) < 4.78 is 22.1. The molecule has 0 aliphatic rings. The number of hydrogen-bond donors (Lipinski definition) is 0. The summed E-state index contributed by atoms with van der Waals surface area (Å²) in [6.45, 7) is 9.75. The van der Waals surface area contributed by atoms with Crippen molar-refractivity contribution in [3.05, 3.63) is 63.1 Å². The molecule has 0 aliphatic carbocycles. The Kier molecular flexibility index (Phi) is 4.16. The normalized spacial score (nSPS) is 11.2. The second-order valence-corrected chi connectivity index (χ2v) is 5.77. The van der Waals surface area contributed by atoms with Crippen molar-refractivity contribution in [1.29, 1.82) is 0 Å². The predicted molar refractivity (Wildman–Crippen MR) is 93.6 cm³/mol.